The lowest BCUT2D eigenvalue weighted by molar-refractivity contribution is -0.0470. The summed E-state index contributed by atoms with van der Waals surface area (Å²) < 4.78 is 11.3. The Balaban J connectivity index is 2.00. The van der Waals surface area contributed by atoms with Crippen LogP contribution in [0.1, 0.15) is 40.5 Å². The van der Waals surface area contributed by atoms with Crippen LogP contribution in [-0.2, 0) is 9.47 Å². The third-order valence-electron chi connectivity index (χ3n) is 2.33. The molecule has 0 aromatic heterocycles. The van der Waals surface area contributed by atoms with Gasteiger partial charge in [-0.2, -0.15) is 0 Å². The van der Waals surface area contributed by atoms with Gasteiger partial charge in [-0.1, -0.05) is 13.8 Å². The lowest BCUT2D eigenvalue weighted by Crippen LogP contribution is -2.22. The van der Waals surface area contributed by atoms with Gasteiger partial charge >= 0.3 is 0 Å². The first-order chi connectivity index (χ1) is 6.02. The van der Waals surface area contributed by atoms with E-state index in [1.54, 1.807) is 0 Å². The molecule has 13 heavy (non-hydrogen) atoms. The van der Waals surface area contributed by atoms with Gasteiger partial charge in [0, 0.05) is 6.61 Å². The molecule has 0 heterocycles. The molecule has 1 unspecified atom stereocenters. The summed E-state index contributed by atoms with van der Waals surface area (Å²) in [6.07, 6.45) is 2.66. The molecule has 1 aliphatic rings. The van der Waals surface area contributed by atoms with Crippen molar-refractivity contribution in [3.05, 3.63) is 0 Å². The highest BCUT2D eigenvalue weighted by Gasteiger charge is 2.38. The van der Waals surface area contributed by atoms with E-state index in [0.29, 0.717) is 5.92 Å². The Labute approximate surface area is 81.6 Å². The molecule has 1 fully saturated rings. The average molecular weight is 186 g/mol. The van der Waals surface area contributed by atoms with Crippen LogP contribution in [0.2, 0.25) is 0 Å². The zero-order valence-corrected chi connectivity index (χ0v) is 9.30. The summed E-state index contributed by atoms with van der Waals surface area (Å²) >= 11 is 0. The SMILES string of the molecule is CC(C)COC(C)COC1(C)CC1. The molecule has 0 aromatic rings. The summed E-state index contributed by atoms with van der Waals surface area (Å²) in [5.74, 6) is 0.610. The third kappa shape index (κ3) is 4.63. The van der Waals surface area contributed by atoms with Crippen LogP contribution < -0.4 is 0 Å². The summed E-state index contributed by atoms with van der Waals surface area (Å²) in [7, 11) is 0. The van der Waals surface area contributed by atoms with E-state index in [9.17, 15) is 0 Å². The Kier molecular flexibility index (Phi) is 3.74. The van der Waals surface area contributed by atoms with Crippen molar-refractivity contribution in [1.29, 1.82) is 0 Å². The summed E-state index contributed by atoms with van der Waals surface area (Å²) in [6, 6.07) is 0. The van der Waals surface area contributed by atoms with Crippen LogP contribution >= 0.6 is 0 Å². The molecule has 0 saturated heterocycles. The average Bonchev–Trinajstić information content (AvgIpc) is 2.77. The van der Waals surface area contributed by atoms with Crippen LogP contribution in [0.15, 0.2) is 0 Å². The molecule has 0 aliphatic heterocycles. The van der Waals surface area contributed by atoms with Crippen molar-refractivity contribution in [3.63, 3.8) is 0 Å². The Hall–Kier alpha value is -0.0800. The summed E-state index contributed by atoms with van der Waals surface area (Å²) in [4.78, 5) is 0. The van der Waals surface area contributed by atoms with Gasteiger partial charge in [0.2, 0.25) is 0 Å². The van der Waals surface area contributed by atoms with Crippen LogP contribution in [-0.4, -0.2) is 24.9 Å². The van der Waals surface area contributed by atoms with Crippen molar-refractivity contribution in [3.8, 4) is 0 Å². The topological polar surface area (TPSA) is 18.5 Å². The summed E-state index contributed by atoms with van der Waals surface area (Å²) in [5, 5.41) is 0. The smallest absolute Gasteiger partial charge is 0.0780 e. The molecule has 1 rings (SSSR count). The second-order valence-electron chi connectivity index (χ2n) is 4.80. The Morgan fingerprint density at radius 1 is 1.15 bits per heavy atom. The Morgan fingerprint density at radius 3 is 2.23 bits per heavy atom. The normalized spacial score (nSPS) is 21.9. The van der Waals surface area contributed by atoms with Crippen molar-refractivity contribution in [2.45, 2.75) is 52.2 Å². The monoisotopic (exact) mass is 186 g/mol. The first-order valence-corrected chi connectivity index (χ1v) is 5.27. The lowest BCUT2D eigenvalue weighted by Gasteiger charge is -2.17. The van der Waals surface area contributed by atoms with E-state index in [2.05, 4.69) is 27.7 Å². The maximum absolute atomic E-state index is 5.71. The maximum atomic E-state index is 5.71. The highest BCUT2D eigenvalue weighted by molar-refractivity contribution is 4.90. The zero-order valence-electron chi connectivity index (χ0n) is 9.30. The molecule has 1 saturated carbocycles. The van der Waals surface area contributed by atoms with E-state index >= 15 is 0 Å². The minimum Gasteiger partial charge on any atom is -0.376 e. The molecule has 0 spiro atoms. The Bertz CT molecular complexity index is 150. The number of hydrogen-bond acceptors (Lipinski definition) is 2. The maximum Gasteiger partial charge on any atom is 0.0780 e. The third-order valence-corrected chi connectivity index (χ3v) is 2.33. The molecule has 78 valence electrons. The van der Waals surface area contributed by atoms with Crippen molar-refractivity contribution < 1.29 is 9.47 Å². The quantitative estimate of drug-likeness (QED) is 0.635. The van der Waals surface area contributed by atoms with Crippen LogP contribution in [0.5, 0.6) is 0 Å². The van der Waals surface area contributed by atoms with Gasteiger partial charge in [0.05, 0.1) is 18.3 Å². The number of hydrogen-bond donors (Lipinski definition) is 0. The lowest BCUT2D eigenvalue weighted by atomic mass is 10.2. The fourth-order valence-electron chi connectivity index (χ4n) is 1.04. The fraction of sp³-hybridized carbons (Fsp3) is 1.00. The molecule has 0 radical (unpaired) electrons. The van der Waals surface area contributed by atoms with Crippen molar-refractivity contribution in [1.82, 2.24) is 0 Å². The first kappa shape index (κ1) is 11.0. The summed E-state index contributed by atoms with van der Waals surface area (Å²) in [5.41, 5.74) is 0.190. The van der Waals surface area contributed by atoms with Gasteiger partial charge in [-0.05, 0) is 32.6 Å². The van der Waals surface area contributed by atoms with Crippen molar-refractivity contribution in [2.75, 3.05) is 13.2 Å². The van der Waals surface area contributed by atoms with Crippen molar-refractivity contribution >= 4 is 0 Å². The Morgan fingerprint density at radius 2 is 1.77 bits per heavy atom. The molecule has 0 aromatic carbocycles. The van der Waals surface area contributed by atoms with Gasteiger partial charge < -0.3 is 9.47 Å². The van der Waals surface area contributed by atoms with Gasteiger partial charge in [-0.3, -0.25) is 0 Å². The predicted octanol–water partition coefficient (Wildman–Crippen LogP) is 2.62. The molecule has 2 heteroatoms. The van der Waals surface area contributed by atoms with Crippen LogP contribution in [0, 0.1) is 5.92 Å². The molecular formula is C11H22O2. The summed E-state index contributed by atoms with van der Waals surface area (Å²) in [6.45, 7) is 10.1. The molecule has 1 atom stereocenters. The van der Waals surface area contributed by atoms with E-state index < -0.39 is 0 Å². The van der Waals surface area contributed by atoms with E-state index in [4.69, 9.17) is 9.47 Å². The molecule has 0 amide bonds. The predicted molar refractivity (Wildman–Crippen MR) is 53.8 cm³/mol. The van der Waals surface area contributed by atoms with Crippen LogP contribution in [0.25, 0.3) is 0 Å². The second-order valence-corrected chi connectivity index (χ2v) is 4.80. The van der Waals surface area contributed by atoms with Gasteiger partial charge in [0.25, 0.3) is 0 Å². The number of ether oxygens (including phenoxy) is 2. The van der Waals surface area contributed by atoms with Crippen molar-refractivity contribution in [2.24, 2.45) is 5.92 Å². The largest absolute Gasteiger partial charge is 0.376 e. The van der Waals surface area contributed by atoms with Gasteiger partial charge in [-0.15, -0.1) is 0 Å². The minimum absolute atomic E-state index is 0.190. The highest BCUT2D eigenvalue weighted by Crippen LogP contribution is 2.38. The zero-order chi connectivity index (χ0) is 9.90. The first-order valence-electron chi connectivity index (χ1n) is 5.27. The molecule has 0 bridgehead atoms. The molecular weight excluding hydrogens is 164 g/mol. The molecule has 0 N–H and O–H groups in total. The van der Waals surface area contributed by atoms with Gasteiger partial charge in [-0.25, -0.2) is 0 Å². The van der Waals surface area contributed by atoms with Gasteiger partial charge in [0.15, 0.2) is 0 Å². The van der Waals surface area contributed by atoms with E-state index in [-0.39, 0.29) is 11.7 Å². The van der Waals surface area contributed by atoms with Gasteiger partial charge in [0.1, 0.15) is 0 Å². The van der Waals surface area contributed by atoms with Crippen LogP contribution in [0.3, 0.4) is 0 Å². The molecule has 1 aliphatic carbocycles. The van der Waals surface area contributed by atoms with Crippen LogP contribution in [0.4, 0.5) is 0 Å². The van der Waals surface area contributed by atoms with E-state index in [1.165, 1.54) is 12.8 Å². The van der Waals surface area contributed by atoms with E-state index in [1.807, 2.05) is 0 Å². The van der Waals surface area contributed by atoms with E-state index in [0.717, 1.165) is 13.2 Å². The second kappa shape index (κ2) is 4.43. The minimum atomic E-state index is 0.190. The highest BCUT2D eigenvalue weighted by atomic mass is 16.5. The fourth-order valence-corrected chi connectivity index (χ4v) is 1.04. The standard InChI is InChI=1S/C11H22O2/c1-9(2)7-12-10(3)8-13-11(4)5-6-11/h9-10H,5-8H2,1-4H3. The molecule has 2 nitrogen and oxygen atoms in total. The number of rotatable bonds is 6.